The number of benzene rings is 6. The number of ether oxygens (including phenoxy) is 5. The summed E-state index contributed by atoms with van der Waals surface area (Å²) >= 11 is 13.4. The summed E-state index contributed by atoms with van der Waals surface area (Å²) in [6.45, 7) is 2.94. The largest absolute Gasteiger partial charge is 0.457 e. The Balaban J connectivity index is 1.10. The van der Waals surface area contributed by atoms with Crippen LogP contribution in [-0.2, 0) is 70.3 Å². The molecule has 0 saturated heterocycles. The molecule has 2 N–H and O–H groups in total. The van der Waals surface area contributed by atoms with Crippen molar-refractivity contribution in [2.45, 2.75) is 140 Å². The van der Waals surface area contributed by atoms with Gasteiger partial charge in [0.15, 0.2) is 5.60 Å². The number of halogens is 4. The summed E-state index contributed by atoms with van der Waals surface area (Å²) in [5.41, 5.74) is 1.63. The van der Waals surface area contributed by atoms with Crippen LogP contribution >= 0.6 is 23.2 Å². The molecule has 7 aromatic rings. The van der Waals surface area contributed by atoms with Crippen molar-refractivity contribution in [3.63, 3.8) is 0 Å². The van der Waals surface area contributed by atoms with E-state index in [1.807, 2.05) is 103 Å². The SMILES string of the molecule is COC[C@H](NC(=O)[C@H](C)N(Cc1c(Oc2ccc(-c3cnc(CN(C)C)n3C)cc2)cccc1OC(F)F)C(=O)CCC(=O)N(C)[C@H]1CCCC[C@@H]1NC(=O)OC(C)(C)C)C(=O)N(C)[C@H](CC(=O)OC(c1ccccc1)(c1ccccc1)c1ccccc1Cl)Cc1ccc(Cl)cc1. The maximum atomic E-state index is 15.3. The number of nitrogens with one attached hydrogen (secondary N) is 2. The van der Waals surface area contributed by atoms with Crippen LogP contribution in [0, 0.1) is 0 Å². The zero-order valence-electron chi connectivity index (χ0n) is 56.4. The molecule has 0 aliphatic heterocycles. The summed E-state index contributed by atoms with van der Waals surface area (Å²) in [5.74, 6) is -2.72. The number of carbonyl (C=O) groups excluding carboxylic acids is 6. The predicted molar refractivity (Wildman–Crippen MR) is 367 cm³/mol. The van der Waals surface area contributed by atoms with Gasteiger partial charge in [0.1, 0.15) is 40.8 Å². The number of likely N-dealkylation sites (N-methyl/N-ethyl adjacent to an activating group) is 2. The van der Waals surface area contributed by atoms with Crippen LogP contribution in [-0.4, -0.2) is 149 Å². The van der Waals surface area contributed by atoms with E-state index in [-0.39, 0.29) is 42.1 Å². The van der Waals surface area contributed by atoms with E-state index < -0.39 is 103 Å². The minimum absolute atomic E-state index is 0.00212. The summed E-state index contributed by atoms with van der Waals surface area (Å²) < 4.78 is 60.5. The van der Waals surface area contributed by atoms with Gasteiger partial charge in [0.2, 0.25) is 23.6 Å². The second-order valence-corrected chi connectivity index (χ2v) is 26.3. The average molecular weight is 1370 g/mol. The highest BCUT2D eigenvalue weighted by Crippen LogP contribution is 2.44. The van der Waals surface area contributed by atoms with E-state index in [0.717, 1.165) is 34.8 Å². The van der Waals surface area contributed by atoms with Crippen LogP contribution in [0.2, 0.25) is 10.0 Å². The van der Waals surface area contributed by atoms with Gasteiger partial charge in [-0.2, -0.15) is 8.78 Å². The molecule has 1 fully saturated rings. The Bertz CT molecular complexity index is 3760. The van der Waals surface area contributed by atoms with E-state index in [0.29, 0.717) is 51.7 Å². The topological polar surface area (TPSA) is 203 Å². The van der Waals surface area contributed by atoms with Crippen molar-refractivity contribution in [2.75, 3.05) is 41.9 Å². The third-order valence-corrected chi connectivity index (χ3v) is 17.7. The highest BCUT2D eigenvalue weighted by molar-refractivity contribution is 6.31. The molecule has 8 rings (SSSR count). The number of hydrogen-bond donors (Lipinski definition) is 2. The zero-order chi connectivity index (χ0) is 70.1. The normalized spacial score (nSPS) is 15.0. The lowest BCUT2D eigenvalue weighted by molar-refractivity contribution is -0.156. The fourth-order valence-corrected chi connectivity index (χ4v) is 12.5. The number of alkyl carbamates (subject to hydrolysis) is 1. The Morgan fingerprint density at radius 1 is 0.732 bits per heavy atom. The minimum Gasteiger partial charge on any atom is -0.457 e. The maximum Gasteiger partial charge on any atom is 0.407 e. The quantitative estimate of drug-likeness (QED) is 0.0331. The van der Waals surface area contributed by atoms with E-state index in [9.17, 15) is 18.4 Å². The Labute approximate surface area is 576 Å². The van der Waals surface area contributed by atoms with Crippen LogP contribution in [0.4, 0.5) is 13.6 Å². The first-order valence-corrected chi connectivity index (χ1v) is 33.0. The van der Waals surface area contributed by atoms with E-state index in [1.165, 1.54) is 49.1 Å². The summed E-state index contributed by atoms with van der Waals surface area (Å²) in [5, 5.41) is 6.51. The number of methoxy groups -OCH3 is 1. The first-order chi connectivity index (χ1) is 46.3. The fraction of sp³-hybridized carbons (Fsp3) is 0.392. The highest BCUT2D eigenvalue weighted by atomic mass is 35.5. The number of imidazole rings is 1. The fourth-order valence-electron chi connectivity index (χ4n) is 12.1. The second-order valence-electron chi connectivity index (χ2n) is 25.4. The van der Waals surface area contributed by atoms with Crippen LogP contribution in [0.3, 0.4) is 0 Å². The monoisotopic (exact) mass is 1370 g/mol. The van der Waals surface area contributed by atoms with Gasteiger partial charge >= 0.3 is 18.7 Å². The molecule has 0 bridgehead atoms. The summed E-state index contributed by atoms with van der Waals surface area (Å²) in [6, 6.07) is 38.8. The number of carbonyl (C=O) groups is 6. The molecule has 0 spiro atoms. The molecule has 0 radical (unpaired) electrons. The lowest BCUT2D eigenvalue weighted by Crippen LogP contribution is -2.57. The predicted octanol–water partition coefficient (Wildman–Crippen LogP) is 12.8. The van der Waals surface area contributed by atoms with Gasteiger partial charge in [-0.25, -0.2) is 9.78 Å². The number of amides is 5. The zero-order valence-corrected chi connectivity index (χ0v) is 58.0. The Morgan fingerprint density at radius 3 is 1.97 bits per heavy atom. The molecule has 97 heavy (non-hydrogen) atoms. The average Bonchev–Trinajstić information content (AvgIpc) is 1.31. The van der Waals surface area contributed by atoms with Crippen LogP contribution in [0.5, 0.6) is 17.2 Å². The number of hydrogen-bond acceptors (Lipinski definition) is 13. The van der Waals surface area contributed by atoms with Crippen molar-refractivity contribution in [3.8, 4) is 28.5 Å². The molecular formula is C74H86Cl2F2N8O11. The van der Waals surface area contributed by atoms with Gasteiger partial charge in [0.25, 0.3) is 0 Å². The highest BCUT2D eigenvalue weighted by Gasteiger charge is 2.44. The smallest absolute Gasteiger partial charge is 0.407 e. The Kier molecular flexibility index (Phi) is 25.8. The number of esters is 1. The number of alkyl halides is 2. The molecule has 1 heterocycles. The molecular weight excluding hydrogens is 1290 g/mol. The van der Waals surface area contributed by atoms with Crippen molar-refractivity contribution < 1.29 is 61.2 Å². The molecule has 1 saturated carbocycles. The molecule has 516 valence electrons. The molecule has 1 aliphatic carbocycles. The summed E-state index contributed by atoms with van der Waals surface area (Å²) in [6.07, 6.45) is 2.72. The van der Waals surface area contributed by atoms with Gasteiger partial charge in [-0.15, -0.1) is 0 Å². The molecule has 23 heteroatoms. The van der Waals surface area contributed by atoms with Gasteiger partial charge in [0.05, 0.1) is 55.7 Å². The van der Waals surface area contributed by atoms with Crippen molar-refractivity contribution in [3.05, 3.63) is 202 Å². The molecule has 0 unspecified atom stereocenters. The third-order valence-electron chi connectivity index (χ3n) is 17.1. The van der Waals surface area contributed by atoms with Gasteiger partial charge < -0.3 is 58.5 Å². The van der Waals surface area contributed by atoms with Gasteiger partial charge in [0, 0.05) is 79.4 Å². The number of aromatic nitrogens is 2. The lowest BCUT2D eigenvalue weighted by atomic mass is 9.80. The van der Waals surface area contributed by atoms with E-state index in [1.54, 1.807) is 94.7 Å². The number of nitrogens with zero attached hydrogens (tertiary/aromatic N) is 6. The standard InChI is InChI=1S/C74H86Cl2F2N8O11/c1-48(69(90)80-60(47-93-10)70(91)83(7)54(42-49-32-36-53(75)37-33-49)43-68(89)96-74(51-22-13-11-14-23-51,52-24-15-12-16-25-52)57-26-17-18-27-58(57)76)86(67(88)41-40-66(87)85(9)61-29-20-19-28-59(61)81-72(92)97-73(2,3)4)45-56-63(30-21-31-64(56)95-71(77)78)94-55-38-34-50(35-39-55)62-44-79-65(84(62)8)46-82(5)6/h11-18,21-27,30-39,44,48,54,59-61,71H,19-20,28-29,40-43,45-47H2,1-10H3,(H,80,90)(H,81,92)/t48-,54-,59-,60-,61-/m0/s1. The number of rotatable bonds is 29. The van der Waals surface area contributed by atoms with Gasteiger partial charge in [-0.05, 0) is 121 Å². The first-order valence-electron chi connectivity index (χ1n) is 32.2. The van der Waals surface area contributed by atoms with E-state index in [2.05, 4.69) is 15.6 Å². The second kappa shape index (κ2) is 33.9. The Hall–Kier alpha value is -8.89. The minimum atomic E-state index is -3.34. The first kappa shape index (κ1) is 73.9. The van der Waals surface area contributed by atoms with E-state index in [4.69, 9.17) is 46.9 Å². The van der Waals surface area contributed by atoms with Crippen molar-refractivity contribution in [1.29, 1.82) is 0 Å². The molecule has 6 aromatic carbocycles. The van der Waals surface area contributed by atoms with Crippen LogP contribution in [0.15, 0.2) is 158 Å². The van der Waals surface area contributed by atoms with Crippen molar-refractivity contribution in [2.24, 2.45) is 7.05 Å². The van der Waals surface area contributed by atoms with E-state index >= 15 is 19.2 Å². The maximum absolute atomic E-state index is 15.3. The van der Waals surface area contributed by atoms with Crippen molar-refractivity contribution in [1.82, 2.24) is 39.8 Å². The molecule has 1 aliphatic rings. The molecule has 5 atom stereocenters. The van der Waals surface area contributed by atoms with Crippen molar-refractivity contribution >= 4 is 58.9 Å². The van der Waals surface area contributed by atoms with Gasteiger partial charge in [-0.1, -0.05) is 133 Å². The third kappa shape index (κ3) is 19.5. The molecule has 1 aromatic heterocycles. The van der Waals surface area contributed by atoms with Crippen LogP contribution in [0.25, 0.3) is 11.3 Å². The summed E-state index contributed by atoms with van der Waals surface area (Å²) in [4.78, 5) is 98.5. The Morgan fingerprint density at radius 2 is 1.35 bits per heavy atom. The van der Waals surface area contributed by atoms with Gasteiger partial charge in [-0.3, -0.25) is 24.0 Å². The summed E-state index contributed by atoms with van der Waals surface area (Å²) in [7, 11) is 10.2. The lowest BCUT2D eigenvalue weighted by Gasteiger charge is -2.38. The van der Waals surface area contributed by atoms with Crippen LogP contribution in [0.1, 0.15) is 106 Å². The molecule has 5 amide bonds. The molecule has 19 nitrogen and oxygen atoms in total. The van der Waals surface area contributed by atoms with Crippen LogP contribution < -0.4 is 20.1 Å².